The maximum Gasteiger partial charge on any atom is 0.292 e. The van der Waals surface area contributed by atoms with Gasteiger partial charge in [0.25, 0.3) is 5.69 Å². The summed E-state index contributed by atoms with van der Waals surface area (Å²) in [7, 11) is 1.85. The molecule has 0 saturated heterocycles. The topological polar surface area (TPSA) is 72.4 Å². The van der Waals surface area contributed by atoms with E-state index < -0.39 is 4.92 Å². The normalized spacial score (nSPS) is 10.3. The highest BCUT2D eigenvalue weighted by molar-refractivity contribution is 5.59. The van der Waals surface area contributed by atoms with Crippen LogP contribution in [-0.4, -0.2) is 12.0 Å². The lowest BCUT2D eigenvalue weighted by molar-refractivity contribution is -0.383. The Labute approximate surface area is 115 Å². The van der Waals surface area contributed by atoms with Crippen LogP contribution in [0.4, 0.5) is 21.5 Å². The van der Waals surface area contributed by atoms with Crippen molar-refractivity contribution in [3.63, 3.8) is 0 Å². The second kappa shape index (κ2) is 5.56. The van der Waals surface area contributed by atoms with Crippen LogP contribution in [0, 0.1) is 15.9 Å². The molecule has 0 atom stereocenters. The van der Waals surface area contributed by atoms with Gasteiger partial charge in [0.05, 0.1) is 4.92 Å². The van der Waals surface area contributed by atoms with Crippen molar-refractivity contribution in [3.05, 3.63) is 64.0 Å². The van der Waals surface area contributed by atoms with Crippen molar-refractivity contribution in [2.45, 2.75) is 6.54 Å². The number of nitro groups is 1. The summed E-state index contributed by atoms with van der Waals surface area (Å²) in [4.78, 5) is 12.1. The summed E-state index contributed by atoms with van der Waals surface area (Å²) < 4.78 is 12.9. The molecule has 20 heavy (non-hydrogen) atoms. The molecule has 0 aliphatic rings. The van der Waals surface area contributed by atoms with Gasteiger partial charge >= 0.3 is 0 Å². The van der Waals surface area contributed by atoms with Crippen LogP contribution >= 0.6 is 0 Å². The zero-order valence-corrected chi connectivity index (χ0v) is 10.9. The van der Waals surface area contributed by atoms with E-state index in [0.29, 0.717) is 6.54 Å². The standard InChI is InChI=1S/C14H14FN3O2/c1-17(12-5-3-11(15)4-6-12)9-10-2-7-14(18(19)20)13(16)8-10/h2-8H,9,16H2,1H3. The summed E-state index contributed by atoms with van der Waals surface area (Å²) in [6.07, 6.45) is 0. The van der Waals surface area contributed by atoms with Crippen molar-refractivity contribution in [2.24, 2.45) is 0 Å². The highest BCUT2D eigenvalue weighted by Crippen LogP contribution is 2.23. The number of nitrogens with zero attached hydrogens (tertiary/aromatic N) is 2. The molecule has 0 aromatic heterocycles. The Morgan fingerprint density at radius 2 is 1.90 bits per heavy atom. The minimum Gasteiger partial charge on any atom is -0.393 e. The molecule has 6 heteroatoms. The summed E-state index contributed by atoms with van der Waals surface area (Å²) in [6, 6.07) is 10.7. The van der Waals surface area contributed by atoms with Crippen molar-refractivity contribution in [3.8, 4) is 0 Å². The molecular weight excluding hydrogens is 261 g/mol. The molecule has 0 heterocycles. The summed E-state index contributed by atoms with van der Waals surface area (Å²) in [5.74, 6) is -0.290. The SMILES string of the molecule is CN(Cc1ccc([N+](=O)[O-])c(N)c1)c1ccc(F)cc1. The van der Waals surface area contributed by atoms with Crippen LogP contribution in [0.25, 0.3) is 0 Å². The average molecular weight is 275 g/mol. The van der Waals surface area contributed by atoms with E-state index in [0.717, 1.165) is 11.3 Å². The highest BCUT2D eigenvalue weighted by Gasteiger charge is 2.12. The molecule has 0 radical (unpaired) electrons. The molecule has 2 aromatic rings. The number of nitro benzene ring substituents is 1. The lowest BCUT2D eigenvalue weighted by atomic mass is 10.1. The quantitative estimate of drug-likeness (QED) is 0.529. The van der Waals surface area contributed by atoms with Gasteiger partial charge in [0.2, 0.25) is 0 Å². The minimum absolute atomic E-state index is 0.0989. The summed E-state index contributed by atoms with van der Waals surface area (Å²) in [5, 5.41) is 10.7. The van der Waals surface area contributed by atoms with Gasteiger partial charge in [-0.05, 0) is 35.9 Å². The molecule has 0 saturated carbocycles. The van der Waals surface area contributed by atoms with E-state index >= 15 is 0 Å². The number of nitrogens with two attached hydrogens (primary N) is 1. The van der Waals surface area contributed by atoms with Gasteiger partial charge in [-0.15, -0.1) is 0 Å². The fourth-order valence-electron chi connectivity index (χ4n) is 1.93. The minimum atomic E-state index is -0.511. The predicted octanol–water partition coefficient (Wildman–Crippen LogP) is 2.95. The Morgan fingerprint density at radius 3 is 2.45 bits per heavy atom. The van der Waals surface area contributed by atoms with E-state index in [1.165, 1.54) is 18.2 Å². The molecule has 0 bridgehead atoms. The number of rotatable bonds is 4. The maximum absolute atomic E-state index is 12.9. The summed E-state index contributed by atoms with van der Waals surface area (Å²) >= 11 is 0. The zero-order chi connectivity index (χ0) is 14.7. The molecule has 0 unspecified atom stereocenters. The second-order valence-corrected chi connectivity index (χ2v) is 4.48. The van der Waals surface area contributed by atoms with Gasteiger partial charge in [-0.2, -0.15) is 0 Å². The average Bonchev–Trinajstić information content (AvgIpc) is 2.39. The lowest BCUT2D eigenvalue weighted by Gasteiger charge is -2.19. The number of hydrogen-bond acceptors (Lipinski definition) is 4. The summed E-state index contributed by atoms with van der Waals surface area (Å²) in [5.41, 5.74) is 7.38. The molecule has 2 N–H and O–H groups in total. The van der Waals surface area contributed by atoms with E-state index in [1.807, 2.05) is 11.9 Å². The lowest BCUT2D eigenvalue weighted by Crippen LogP contribution is -2.16. The van der Waals surface area contributed by atoms with E-state index in [9.17, 15) is 14.5 Å². The van der Waals surface area contributed by atoms with E-state index in [1.54, 1.807) is 24.3 Å². The van der Waals surface area contributed by atoms with Gasteiger partial charge in [0, 0.05) is 25.3 Å². The monoisotopic (exact) mass is 275 g/mol. The van der Waals surface area contributed by atoms with E-state index in [4.69, 9.17) is 5.73 Å². The van der Waals surface area contributed by atoms with Crippen molar-refractivity contribution in [1.29, 1.82) is 0 Å². The third kappa shape index (κ3) is 3.03. The van der Waals surface area contributed by atoms with Crippen LogP contribution in [0.15, 0.2) is 42.5 Å². The first kappa shape index (κ1) is 13.8. The summed E-state index contributed by atoms with van der Waals surface area (Å²) in [6.45, 7) is 0.522. The third-order valence-electron chi connectivity index (χ3n) is 2.98. The van der Waals surface area contributed by atoms with E-state index in [2.05, 4.69) is 0 Å². The maximum atomic E-state index is 12.9. The smallest absolute Gasteiger partial charge is 0.292 e. The van der Waals surface area contributed by atoms with Crippen LogP contribution in [-0.2, 0) is 6.54 Å². The Hall–Kier alpha value is -2.63. The molecule has 2 rings (SSSR count). The fourth-order valence-corrected chi connectivity index (χ4v) is 1.93. The van der Waals surface area contributed by atoms with E-state index in [-0.39, 0.29) is 17.2 Å². The molecule has 0 aliphatic carbocycles. The molecule has 0 spiro atoms. The second-order valence-electron chi connectivity index (χ2n) is 4.48. The Morgan fingerprint density at radius 1 is 1.25 bits per heavy atom. The van der Waals surface area contributed by atoms with Gasteiger partial charge in [-0.1, -0.05) is 6.07 Å². The van der Waals surface area contributed by atoms with Gasteiger partial charge in [-0.3, -0.25) is 10.1 Å². The predicted molar refractivity (Wildman–Crippen MR) is 76.0 cm³/mol. The fraction of sp³-hybridized carbons (Fsp3) is 0.143. The first-order chi connectivity index (χ1) is 9.47. The van der Waals surface area contributed by atoms with Gasteiger partial charge in [0.15, 0.2) is 0 Å². The van der Waals surface area contributed by atoms with Crippen LogP contribution in [0.2, 0.25) is 0 Å². The molecule has 0 fully saturated rings. The molecule has 0 amide bonds. The molecular formula is C14H14FN3O2. The van der Waals surface area contributed by atoms with Crippen molar-refractivity contribution < 1.29 is 9.31 Å². The van der Waals surface area contributed by atoms with Gasteiger partial charge in [-0.25, -0.2) is 4.39 Å². The Balaban J connectivity index is 2.15. The van der Waals surface area contributed by atoms with Gasteiger partial charge in [0.1, 0.15) is 11.5 Å². The molecule has 0 aliphatic heterocycles. The highest BCUT2D eigenvalue weighted by atomic mass is 19.1. The zero-order valence-electron chi connectivity index (χ0n) is 10.9. The Kier molecular flexibility index (Phi) is 3.84. The largest absolute Gasteiger partial charge is 0.393 e. The number of anilines is 2. The number of nitrogen functional groups attached to an aromatic ring is 1. The number of benzene rings is 2. The van der Waals surface area contributed by atoms with Crippen LogP contribution in [0.3, 0.4) is 0 Å². The first-order valence-corrected chi connectivity index (χ1v) is 5.97. The molecule has 2 aromatic carbocycles. The Bertz CT molecular complexity index is 629. The van der Waals surface area contributed by atoms with Crippen molar-refractivity contribution >= 4 is 17.1 Å². The van der Waals surface area contributed by atoms with Crippen molar-refractivity contribution in [2.75, 3.05) is 17.7 Å². The number of halogens is 1. The van der Waals surface area contributed by atoms with Crippen LogP contribution in [0.1, 0.15) is 5.56 Å². The molecule has 5 nitrogen and oxygen atoms in total. The third-order valence-corrected chi connectivity index (χ3v) is 2.98. The first-order valence-electron chi connectivity index (χ1n) is 5.97. The van der Waals surface area contributed by atoms with Crippen LogP contribution < -0.4 is 10.6 Å². The van der Waals surface area contributed by atoms with Crippen LogP contribution in [0.5, 0.6) is 0 Å². The molecule has 104 valence electrons. The van der Waals surface area contributed by atoms with Gasteiger partial charge < -0.3 is 10.6 Å². The number of hydrogen-bond donors (Lipinski definition) is 1. The van der Waals surface area contributed by atoms with Crippen molar-refractivity contribution in [1.82, 2.24) is 0 Å².